The Bertz CT molecular complexity index is 721. The van der Waals surface area contributed by atoms with Crippen molar-refractivity contribution in [2.75, 3.05) is 25.1 Å². The number of anilines is 1. The molecule has 1 amide bonds. The fourth-order valence-electron chi connectivity index (χ4n) is 2.57. The van der Waals surface area contributed by atoms with Crippen molar-refractivity contribution >= 4 is 11.6 Å². The molecule has 0 bridgehead atoms. The average molecular weight is 344 g/mol. The Hall–Kier alpha value is -2.45. The van der Waals surface area contributed by atoms with Gasteiger partial charge in [0.1, 0.15) is 11.8 Å². The van der Waals surface area contributed by atoms with Crippen LogP contribution in [0.15, 0.2) is 28.8 Å². The van der Waals surface area contributed by atoms with Crippen LogP contribution in [0.2, 0.25) is 0 Å². The summed E-state index contributed by atoms with van der Waals surface area (Å²) in [6.45, 7) is 1.97. The van der Waals surface area contributed by atoms with Crippen LogP contribution in [0.3, 0.4) is 0 Å². The van der Waals surface area contributed by atoms with Gasteiger partial charge >= 0.3 is 0 Å². The predicted molar refractivity (Wildman–Crippen MR) is 88.3 cm³/mol. The summed E-state index contributed by atoms with van der Waals surface area (Å²) in [6, 6.07) is 6.86. The largest absolute Gasteiger partial charge is 0.485 e. The van der Waals surface area contributed by atoms with E-state index >= 15 is 0 Å². The molecule has 1 aliphatic heterocycles. The summed E-state index contributed by atoms with van der Waals surface area (Å²) in [5, 5.41) is 9.89. The van der Waals surface area contributed by atoms with Crippen molar-refractivity contribution in [3.05, 3.63) is 36.0 Å². The molecule has 8 heteroatoms. The lowest BCUT2D eigenvalue weighted by Gasteiger charge is -2.22. The number of ether oxygens (including phenoxy) is 2. The van der Waals surface area contributed by atoms with Crippen LogP contribution in [-0.4, -0.2) is 41.8 Å². The molecule has 1 unspecified atom stereocenters. The van der Waals surface area contributed by atoms with E-state index in [4.69, 9.17) is 14.0 Å². The van der Waals surface area contributed by atoms with Crippen LogP contribution in [0.1, 0.15) is 30.5 Å². The smallest absolute Gasteiger partial charge is 0.243 e. The number of aromatic nitrogens is 2. The van der Waals surface area contributed by atoms with E-state index < -0.39 is 0 Å². The number of carbonyl (C=O) groups is 1. The lowest BCUT2D eigenvalue weighted by atomic mass is 10.2. The van der Waals surface area contributed by atoms with Gasteiger partial charge in [-0.1, -0.05) is 5.16 Å². The molecule has 25 heavy (non-hydrogen) atoms. The van der Waals surface area contributed by atoms with Crippen LogP contribution in [0.25, 0.3) is 0 Å². The molecule has 1 aromatic carbocycles. The second-order valence-corrected chi connectivity index (χ2v) is 6.21. The Kier molecular flexibility index (Phi) is 4.62. The molecule has 1 aromatic heterocycles. The first kappa shape index (κ1) is 16.0. The Morgan fingerprint density at radius 2 is 2.16 bits per heavy atom. The van der Waals surface area contributed by atoms with Gasteiger partial charge in [0.05, 0.1) is 13.2 Å². The molecule has 1 aliphatic carbocycles. The van der Waals surface area contributed by atoms with Crippen LogP contribution in [0.5, 0.6) is 5.75 Å². The van der Waals surface area contributed by atoms with Gasteiger partial charge in [-0.3, -0.25) is 4.79 Å². The van der Waals surface area contributed by atoms with Gasteiger partial charge in [-0.25, -0.2) is 0 Å². The van der Waals surface area contributed by atoms with Gasteiger partial charge in [0.15, 0.2) is 6.61 Å². The highest BCUT2D eigenvalue weighted by Gasteiger charge is 2.29. The minimum absolute atomic E-state index is 0.104. The first-order valence-electron chi connectivity index (χ1n) is 8.45. The number of nitrogens with one attached hydrogen (secondary N) is 2. The van der Waals surface area contributed by atoms with E-state index in [2.05, 4.69) is 20.8 Å². The van der Waals surface area contributed by atoms with E-state index in [0.717, 1.165) is 12.8 Å². The SMILES string of the molecule is O=C(Nc1ccc(OCc2noc(C3CC3)n2)cc1)C1COCCN1. The molecule has 1 saturated heterocycles. The standard InChI is InChI=1S/C17H20N4O4/c22-16(14-9-23-8-7-18-14)19-12-3-5-13(6-4-12)24-10-15-20-17(25-21-15)11-1-2-11/h3-6,11,14,18H,1-2,7-10H2,(H,19,22). The van der Waals surface area contributed by atoms with Crippen molar-refractivity contribution in [2.24, 2.45) is 0 Å². The van der Waals surface area contributed by atoms with Crippen molar-refractivity contribution in [1.82, 2.24) is 15.5 Å². The van der Waals surface area contributed by atoms with E-state index in [1.54, 1.807) is 24.3 Å². The van der Waals surface area contributed by atoms with Crippen LogP contribution >= 0.6 is 0 Å². The number of hydrogen-bond acceptors (Lipinski definition) is 7. The minimum atomic E-state index is -0.316. The van der Waals surface area contributed by atoms with E-state index in [-0.39, 0.29) is 18.6 Å². The summed E-state index contributed by atoms with van der Waals surface area (Å²) in [5.41, 5.74) is 0.709. The van der Waals surface area contributed by atoms with E-state index in [1.165, 1.54) is 0 Å². The number of amides is 1. The zero-order valence-electron chi connectivity index (χ0n) is 13.7. The fourth-order valence-corrected chi connectivity index (χ4v) is 2.57. The number of morpholine rings is 1. The molecule has 1 atom stereocenters. The second kappa shape index (κ2) is 7.20. The van der Waals surface area contributed by atoms with Gasteiger partial charge in [-0.2, -0.15) is 4.98 Å². The number of carbonyl (C=O) groups excluding carboxylic acids is 1. The number of benzene rings is 1. The van der Waals surface area contributed by atoms with Gasteiger partial charge in [-0.05, 0) is 37.1 Å². The van der Waals surface area contributed by atoms with Crippen LogP contribution in [0, 0.1) is 0 Å². The average Bonchev–Trinajstić information content (AvgIpc) is 3.40. The molecule has 2 heterocycles. The Balaban J connectivity index is 1.28. The van der Waals surface area contributed by atoms with Crippen molar-refractivity contribution in [1.29, 1.82) is 0 Å². The fraction of sp³-hybridized carbons (Fsp3) is 0.471. The van der Waals surface area contributed by atoms with E-state index in [0.29, 0.717) is 48.8 Å². The first-order chi connectivity index (χ1) is 12.3. The van der Waals surface area contributed by atoms with Gasteiger partial charge in [-0.15, -0.1) is 0 Å². The maximum atomic E-state index is 12.1. The summed E-state index contributed by atoms with van der Waals surface area (Å²) in [5.74, 6) is 2.26. The third-order valence-electron chi connectivity index (χ3n) is 4.14. The van der Waals surface area contributed by atoms with Crippen molar-refractivity contribution < 1.29 is 18.8 Å². The predicted octanol–water partition coefficient (Wildman–Crippen LogP) is 1.45. The highest BCUT2D eigenvalue weighted by Crippen LogP contribution is 2.38. The summed E-state index contributed by atoms with van der Waals surface area (Å²) in [6.07, 6.45) is 2.25. The molecule has 4 rings (SSSR count). The Labute approximate surface area is 144 Å². The highest BCUT2D eigenvalue weighted by molar-refractivity contribution is 5.95. The molecule has 2 fully saturated rings. The minimum Gasteiger partial charge on any atom is -0.485 e. The van der Waals surface area contributed by atoms with Gasteiger partial charge in [0.2, 0.25) is 17.6 Å². The molecule has 0 radical (unpaired) electrons. The third-order valence-corrected chi connectivity index (χ3v) is 4.14. The maximum Gasteiger partial charge on any atom is 0.243 e. The quantitative estimate of drug-likeness (QED) is 0.818. The molecule has 2 aliphatic rings. The van der Waals surface area contributed by atoms with Crippen molar-refractivity contribution in [2.45, 2.75) is 31.4 Å². The number of hydrogen-bond donors (Lipinski definition) is 2. The van der Waals surface area contributed by atoms with E-state index in [9.17, 15) is 4.79 Å². The van der Waals surface area contributed by atoms with Gasteiger partial charge in [0, 0.05) is 18.2 Å². The lowest BCUT2D eigenvalue weighted by molar-refractivity contribution is -0.120. The summed E-state index contributed by atoms with van der Waals surface area (Å²) in [4.78, 5) is 16.4. The molecular weight excluding hydrogens is 324 g/mol. The zero-order chi connectivity index (χ0) is 17.1. The van der Waals surface area contributed by atoms with Gasteiger partial charge in [0.25, 0.3) is 0 Å². The maximum absolute atomic E-state index is 12.1. The van der Waals surface area contributed by atoms with Crippen LogP contribution in [0.4, 0.5) is 5.69 Å². The first-order valence-corrected chi connectivity index (χ1v) is 8.45. The highest BCUT2D eigenvalue weighted by atomic mass is 16.5. The molecule has 2 aromatic rings. The molecule has 132 valence electrons. The third kappa shape index (κ3) is 4.15. The van der Waals surface area contributed by atoms with Gasteiger partial charge < -0.3 is 24.6 Å². The normalized spacial score (nSPS) is 20.2. The van der Waals surface area contributed by atoms with Crippen LogP contribution in [-0.2, 0) is 16.1 Å². The molecule has 2 N–H and O–H groups in total. The summed E-state index contributed by atoms with van der Waals surface area (Å²) in [7, 11) is 0. The monoisotopic (exact) mass is 344 g/mol. The molecule has 8 nitrogen and oxygen atoms in total. The Morgan fingerprint density at radius 3 is 2.88 bits per heavy atom. The second-order valence-electron chi connectivity index (χ2n) is 6.21. The summed E-state index contributed by atoms with van der Waals surface area (Å²) >= 11 is 0. The Morgan fingerprint density at radius 1 is 1.32 bits per heavy atom. The number of rotatable bonds is 6. The number of nitrogens with zero attached hydrogens (tertiary/aromatic N) is 2. The van der Waals surface area contributed by atoms with Crippen LogP contribution < -0.4 is 15.4 Å². The molecule has 1 saturated carbocycles. The summed E-state index contributed by atoms with van der Waals surface area (Å²) < 4.78 is 16.1. The molecule has 0 spiro atoms. The van der Waals surface area contributed by atoms with Crippen molar-refractivity contribution in [3.8, 4) is 5.75 Å². The topological polar surface area (TPSA) is 98.5 Å². The lowest BCUT2D eigenvalue weighted by Crippen LogP contribution is -2.48. The zero-order valence-corrected chi connectivity index (χ0v) is 13.7. The molecular formula is C17H20N4O4. The van der Waals surface area contributed by atoms with Crippen molar-refractivity contribution in [3.63, 3.8) is 0 Å². The van der Waals surface area contributed by atoms with E-state index in [1.807, 2.05) is 0 Å².